The Morgan fingerprint density at radius 1 is 1.10 bits per heavy atom. The SMILES string of the molecule is Cc1ccc(C)c(NC(=O)[C@H](C)Oc2ccc(N(C)S(=O)(=O)c3cccs3)cc2)c1. The van der Waals surface area contributed by atoms with E-state index in [1.807, 2.05) is 32.0 Å². The minimum Gasteiger partial charge on any atom is -0.481 e. The Morgan fingerprint density at radius 3 is 2.43 bits per heavy atom. The van der Waals surface area contributed by atoms with Gasteiger partial charge >= 0.3 is 0 Å². The van der Waals surface area contributed by atoms with Crippen molar-refractivity contribution in [3.8, 4) is 5.75 Å². The van der Waals surface area contributed by atoms with Crippen molar-refractivity contribution < 1.29 is 17.9 Å². The summed E-state index contributed by atoms with van der Waals surface area (Å²) in [5.74, 6) is 0.217. The second-order valence-corrected chi connectivity index (χ2v) is 10.1. The molecular weight excluding hydrogens is 420 g/mol. The normalized spacial score (nSPS) is 12.3. The Balaban J connectivity index is 1.66. The van der Waals surface area contributed by atoms with Gasteiger partial charge in [0.05, 0.1) is 5.69 Å². The molecule has 1 atom stereocenters. The van der Waals surface area contributed by atoms with Gasteiger partial charge in [0.25, 0.3) is 15.9 Å². The number of anilines is 2. The number of thiophene rings is 1. The van der Waals surface area contributed by atoms with Gasteiger partial charge in [0.2, 0.25) is 0 Å². The number of carbonyl (C=O) groups excluding carboxylic acids is 1. The summed E-state index contributed by atoms with van der Waals surface area (Å²) in [5.41, 5.74) is 3.29. The van der Waals surface area contributed by atoms with Gasteiger partial charge in [-0.15, -0.1) is 11.3 Å². The molecule has 1 aromatic heterocycles. The summed E-state index contributed by atoms with van der Waals surface area (Å²) in [7, 11) is -2.09. The molecule has 0 aliphatic carbocycles. The van der Waals surface area contributed by atoms with E-state index in [9.17, 15) is 13.2 Å². The van der Waals surface area contributed by atoms with Gasteiger partial charge in [-0.3, -0.25) is 9.10 Å². The van der Waals surface area contributed by atoms with Crippen molar-refractivity contribution in [3.05, 3.63) is 71.1 Å². The van der Waals surface area contributed by atoms with Crippen molar-refractivity contribution in [2.24, 2.45) is 0 Å². The lowest BCUT2D eigenvalue weighted by molar-refractivity contribution is -0.122. The van der Waals surface area contributed by atoms with Crippen LogP contribution in [0.25, 0.3) is 0 Å². The first-order chi connectivity index (χ1) is 14.2. The third-order valence-electron chi connectivity index (χ3n) is 4.64. The molecule has 0 spiro atoms. The molecule has 0 bridgehead atoms. The van der Waals surface area contributed by atoms with Crippen molar-refractivity contribution in [1.82, 2.24) is 0 Å². The zero-order valence-electron chi connectivity index (χ0n) is 17.2. The highest BCUT2D eigenvalue weighted by atomic mass is 32.2. The summed E-state index contributed by atoms with van der Waals surface area (Å²) >= 11 is 1.17. The standard InChI is InChI=1S/C22H24N2O4S2/c1-15-7-8-16(2)20(14-15)23-22(25)17(3)28-19-11-9-18(10-12-19)24(4)30(26,27)21-6-5-13-29-21/h5-14,17H,1-4H3,(H,23,25)/t17-/m0/s1. The van der Waals surface area contributed by atoms with Crippen LogP contribution in [-0.4, -0.2) is 27.5 Å². The van der Waals surface area contributed by atoms with E-state index in [1.165, 1.54) is 22.7 Å². The van der Waals surface area contributed by atoms with E-state index in [4.69, 9.17) is 4.74 Å². The summed E-state index contributed by atoms with van der Waals surface area (Å²) in [6, 6.07) is 15.7. The van der Waals surface area contributed by atoms with Gasteiger partial charge in [0.15, 0.2) is 6.10 Å². The summed E-state index contributed by atoms with van der Waals surface area (Å²) in [5, 5.41) is 4.61. The van der Waals surface area contributed by atoms with Crippen molar-refractivity contribution in [2.75, 3.05) is 16.7 Å². The topological polar surface area (TPSA) is 75.7 Å². The Bertz CT molecular complexity index is 1120. The summed E-state index contributed by atoms with van der Waals surface area (Å²) in [6.07, 6.45) is -0.719. The highest BCUT2D eigenvalue weighted by molar-refractivity contribution is 7.94. The zero-order valence-corrected chi connectivity index (χ0v) is 18.9. The molecule has 0 saturated heterocycles. The second kappa shape index (κ2) is 8.89. The highest BCUT2D eigenvalue weighted by Gasteiger charge is 2.22. The van der Waals surface area contributed by atoms with E-state index in [0.29, 0.717) is 11.4 Å². The number of carbonyl (C=O) groups is 1. The lowest BCUT2D eigenvalue weighted by Gasteiger charge is -2.20. The van der Waals surface area contributed by atoms with Gasteiger partial charge in [0, 0.05) is 12.7 Å². The van der Waals surface area contributed by atoms with E-state index >= 15 is 0 Å². The third kappa shape index (κ3) is 4.83. The van der Waals surface area contributed by atoms with E-state index in [-0.39, 0.29) is 10.1 Å². The van der Waals surface area contributed by atoms with Crippen LogP contribution < -0.4 is 14.4 Å². The zero-order chi connectivity index (χ0) is 21.9. The van der Waals surface area contributed by atoms with Crippen molar-refractivity contribution in [1.29, 1.82) is 0 Å². The van der Waals surface area contributed by atoms with Gasteiger partial charge in [-0.05, 0) is 73.7 Å². The van der Waals surface area contributed by atoms with Crippen LogP contribution in [0.15, 0.2) is 64.2 Å². The van der Waals surface area contributed by atoms with E-state index < -0.39 is 16.1 Å². The lowest BCUT2D eigenvalue weighted by Crippen LogP contribution is -2.30. The Hall–Kier alpha value is -2.84. The number of nitrogens with zero attached hydrogens (tertiary/aromatic N) is 1. The van der Waals surface area contributed by atoms with Gasteiger partial charge in [0.1, 0.15) is 9.96 Å². The number of rotatable bonds is 7. The number of nitrogens with one attached hydrogen (secondary N) is 1. The molecule has 0 unspecified atom stereocenters. The van der Waals surface area contributed by atoms with Crippen LogP contribution in [0.4, 0.5) is 11.4 Å². The molecule has 8 heteroatoms. The third-order valence-corrected chi connectivity index (χ3v) is 7.80. The number of sulfonamides is 1. The largest absolute Gasteiger partial charge is 0.481 e. The van der Waals surface area contributed by atoms with Gasteiger partial charge in [-0.2, -0.15) is 0 Å². The summed E-state index contributed by atoms with van der Waals surface area (Å²) in [4.78, 5) is 12.5. The Kier molecular flexibility index (Phi) is 6.48. The fraction of sp³-hybridized carbons (Fsp3) is 0.227. The Labute approximate surface area is 181 Å². The van der Waals surface area contributed by atoms with Crippen molar-refractivity contribution in [3.63, 3.8) is 0 Å². The number of hydrogen-bond acceptors (Lipinski definition) is 5. The van der Waals surface area contributed by atoms with Gasteiger partial charge in [-0.1, -0.05) is 18.2 Å². The predicted octanol–water partition coefficient (Wildman–Crippen LogP) is 4.60. The maximum atomic E-state index is 12.6. The number of ether oxygens (including phenoxy) is 1. The molecular formula is C22H24N2O4S2. The minimum absolute atomic E-state index is 0.259. The molecule has 3 rings (SSSR count). The average Bonchev–Trinajstić information content (AvgIpc) is 3.26. The predicted molar refractivity (Wildman–Crippen MR) is 121 cm³/mol. The van der Waals surface area contributed by atoms with Crippen LogP contribution in [0.3, 0.4) is 0 Å². The molecule has 2 aromatic carbocycles. The molecule has 0 aliphatic rings. The first-order valence-corrected chi connectivity index (χ1v) is 11.7. The van der Waals surface area contributed by atoms with Gasteiger partial charge < -0.3 is 10.1 Å². The highest BCUT2D eigenvalue weighted by Crippen LogP contribution is 2.27. The Morgan fingerprint density at radius 2 is 1.80 bits per heavy atom. The first kappa shape index (κ1) is 21.9. The van der Waals surface area contributed by atoms with Crippen LogP contribution in [0.1, 0.15) is 18.1 Å². The number of benzene rings is 2. The quantitative estimate of drug-likeness (QED) is 0.578. The molecule has 3 aromatic rings. The number of aryl methyl sites for hydroxylation is 2. The minimum atomic E-state index is -3.59. The van der Waals surface area contributed by atoms with Crippen LogP contribution in [0.2, 0.25) is 0 Å². The smallest absolute Gasteiger partial charge is 0.273 e. The van der Waals surface area contributed by atoms with Crippen LogP contribution >= 0.6 is 11.3 Å². The maximum absolute atomic E-state index is 12.6. The van der Waals surface area contributed by atoms with Crippen LogP contribution in [0, 0.1) is 13.8 Å². The first-order valence-electron chi connectivity index (χ1n) is 9.36. The molecule has 0 aliphatic heterocycles. The maximum Gasteiger partial charge on any atom is 0.273 e. The fourth-order valence-corrected chi connectivity index (χ4v) is 5.14. The van der Waals surface area contributed by atoms with E-state index in [2.05, 4.69) is 5.32 Å². The van der Waals surface area contributed by atoms with E-state index in [1.54, 1.807) is 48.7 Å². The number of hydrogen-bond donors (Lipinski definition) is 1. The lowest BCUT2D eigenvalue weighted by atomic mass is 10.1. The second-order valence-electron chi connectivity index (χ2n) is 6.97. The van der Waals surface area contributed by atoms with Crippen LogP contribution in [-0.2, 0) is 14.8 Å². The number of amides is 1. The molecule has 0 radical (unpaired) electrons. The molecule has 158 valence electrons. The molecule has 6 nitrogen and oxygen atoms in total. The molecule has 0 saturated carbocycles. The summed E-state index contributed by atoms with van der Waals surface area (Å²) < 4.78 is 32.5. The summed E-state index contributed by atoms with van der Waals surface area (Å²) in [6.45, 7) is 5.56. The average molecular weight is 445 g/mol. The molecule has 1 N–H and O–H groups in total. The fourth-order valence-electron chi connectivity index (χ4n) is 2.78. The van der Waals surface area contributed by atoms with E-state index in [0.717, 1.165) is 16.8 Å². The van der Waals surface area contributed by atoms with Gasteiger partial charge in [-0.25, -0.2) is 8.42 Å². The monoisotopic (exact) mass is 444 g/mol. The molecule has 0 fully saturated rings. The molecule has 1 heterocycles. The van der Waals surface area contributed by atoms with Crippen LogP contribution in [0.5, 0.6) is 5.75 Å². The van der Waals surface area contributed by atoms with Crippen molar-refractivity contribution in [2.45, 2.75) is 31.1 Å². The molecule has 30 heavy (non-hydrogen) atoms. The van der Waals surface area contributed by atoms with Crippen molar-refractivity contribution >= 4 is 38.6 Å². The molecule has 1 amide bonds.